The zero-order valence-electron chi connectivity index (χ0n) is 17.3. The van der Waals surface area contributed by atoms with Gasteiger partial charge < -0.3 is 0 Å². The van der Waals surface area contributed by atoms with E-state index in [1.807, 2.05) is 73.0 Å². The molecule has 0 saturated carbocycles. The van der Waals surface area contributed by atoms with Crippen LogP contribution in [-0.4, -0.2) is 33.7 Å². The van der Waals surface area contributed by atoms with Crippen molar-refractivity contribution in [2.75, 3.05) is 12.0 Å². The van der Waals surface area contributed by atoms with Crippen LogP contribution in [-0.2, 0) is 4.79 Å². The molecule has 0 atom stereocenters. The number of aromatic nitrogens is 2. The van der Waals surface area contributed by atoms with Gasteiger partial charge in [-0.2, -0.15) is 5.10 Å². The predicted molar refractivity (Wildman–Crippen MR) is 132 cm³/mol. The van der Waals surface area contributed by atoms with Crippen molar-refractivity contribution in [1.82, 2.24) is 15.0 Å². The number of nitrogens with zero attached hydrogens (tertiary/aromatic N) is 3. The van der Waals surface area contributed by atoms with Crippen LogP contribution in [0.15, 0.2) is 98.8 Å². The molecule has 8 heteroatoms. The second kappa shape index (κ2) is 10.3. The number of carbonyl (C=O) groups is 1. The van der Waals surface area contributed by atoms with Crippen LogP contribution in [0.25, 0.3) is 16.6 Å². The molecule has 4 rings (SSSR count). The monoisotopic (exact) mass is 460 g/mol. The second-order valence-electron chi connectivity index (χ2n) is 6.74. The highest BCUT2D eigenvalue weighted by atomic mass is 32.2. The molecule has 0 fully saturated rings. The van der Waals surface area contributed by atoms with Crippen LogP contribution in [0.4, 0.5) is 0 Å². The molecule has 0 radical (unpaired) electrons. The topological polar surface area (TPSA) is 76.3 Å². The van der Waals surface area contributed by atoms with Gasteiger partial charge in [0, 0.05) is 4.90 Å². The number of thioether (sulfide) groups is 2. The van der Waals surface area contributed by atoms with E-state index in [0.717, 1.165) is 10.5 Å². The first kappa shape index (κ1) is 21.9. The molecule has 1 N–H and O–H groups in total. The van der Waals surface area contributed by atoms with Crippen LogP contribution in [0.5, 0.6) is 0 Å². The molecule has 32 heavy (non-hydrogen) atoms. The Morgan fingerprint density at radius 3 is 2.50 bits per heavy atom. The van der Waals surface area contributed by atoms with Gasteiger partial charge in [-0.05, 0) is 48.2 Å². The van der Waals surface area contributed by atoms with Gasteiger partial charge in [-0.25, -0.2) is 10.4 Å². The van der Waals surface area contributed by atoms with E-state index in [-0.39, 0.29) is 17.2 Å². The van der Waals surface area contributed by atoms with Gasteiger partial charge in [0.25, 0.3) is 11.5 Å². The molecular formula is C24H20N4O2S2. The first-order valence-corrected chi connectivity index (χ1v) is 12.0. The van der Waals surface area contributed by atoms with E-state index in [2.05, 4.69) is 15.5 Å². The minimum atomic E-state index is -0.283. The fourth-order valence-corrected chi connectivity index (χ4v) is 4.26. The number of fused-ring (bicyclic) bond motifs is 1. The molecular weight excluding hydrogens is 440 g/mol. The lowest BCUT2D eigenvalue weighted by Gasteiger charge is -2.12. The van der Waals surface area contributed by atoms with Crippen LogP contribution in [0.1, 0.15) is 5.56 Å². The third kappa shape index (κ3) is 5.09. The summed E-state index contributed by atoms with van der Waals surface area (Å²) in [6, 6.07) is 24.4. The number of hydrogen-bond acceptors (Lipinski definition) is 6. The van der Waals surface area contributed by atoms with Crippen molar-refractivity contribution in [2.24, 2.45) is 5.10 Å². The van der Waals surface area contributed by atoms with Crippen molar-refractivity contribution in [3.63, 3.8) is 0 Å². The minimum absolute atomic E-state index is 0.0698. The summed E-state index contributed by atoms with van der Waals surface area (Å²) in [6.07, 6.45) is 3.61. The summed E-state index contributed by atoms with van der Waals surface area (Å²) in [4.78, 5) is 31.3. The Hall–Kier alpha value is -3.36. The highest BCUT2D eigenvalue weighted by molar-refractivity contribution is 7.99. The van der Waals surface area contributed by atoms with E-state index in [0.29, 0.717) is 21.7 Å². The summed E-state index contributed by atoms with van der Waals surface area (Å²) in [5.74, 6) is -0.214. The lowest BCUT2D eigenvalue weighted by molar-refractivity contribution is -0.118. The van der Waals surface area contributed by atoms with Gasteiger partial charge in [0.05, 0.1) is 28.6 Å². The van der Waals surface area contributed by atoms with Crippen molar-refractivity contribution >= 4 is 46.5 Å². The summed E-state index contributed by atoms with van der Waals surface area (Å²) >= 11 is 2.86. The SMILES string of the molecule is CSc1ccc(/C=N\NC(=O)CSc2nc3ccccc3c(=O)n2-c2ccccc2)cc1. The van der Waals surface area contributed by atoms with Crippen molar-refractivity contribution in [1.29, 1.82) is 0 Å². The number of hydrazone groups is 1. The van der Waals surface area contributed by atoms with Gasteiger partial charge in [0.1, 0.15) is 0 Å². The average Bonchev–Trinajstić information content (AvgIpc) is 2.84. The third-order valence-electron chi connectivity index (χ3n) is 4.61. The van der Waals surface area contributed by atoms with Crippen LogP contribution in [0, 0.1) is 0 Å². The standard InChI is InChI=1S/C24H20N4O2S2/c1-31-19-13-11-17(12-14-19)15-25-27-22(29)16-32-24-26-21-10-6-5-9-20(21)23(30)28(24)18-7-3-2-4-8-18/h2-15H,16H2,1H3,(H,27,29)/b25-15-. The van der Waals surface area contributed by atoms with Gasteiger partial charge in [-0.15, -0.1) is 11.8 Å². The molecule has 1 aromatic heterocycles. The van der Waals surface area contributed by atoms with Crippen molar-refractivity contribution in [2.45, 2.75) is 10.1 Å². The molecule has 1 amide bonds. The number of rotatable bonds is 7. The molecule has 0 aliphatic heterocycles. The largest absolute Gasteiger partial charge is 0.272 e. The lowest BCUT2D eigenvalue weighted by Crippen LogP contribution is -2.24. The molecule has 0 spiro atoms. The molecule has 0 aliphatic carbocycles. The summed E-state index contributed by atoms with van der Waals surface area (Å²) in [6.45, 7) is 0. The normalized spacial score (nSPS) is 11.2. The number of para-hydroxylation sites is 2. The molecule has 6 nitrogen and oxygen atoms in total. The molecule has 0 aliphatic rings. The first-order chi connectivity index (χ1) is 15.7. The summed E-state index contributed by atoms with van der Waals surface area (Å²) in [5, 5.41) is 5.00. The van der Waals surface area contributed by atoms with E-state index in [4.69, 9.17) is 0 Å². The van der Waals surface area contributed by atoms with Gasteiger partial charge in [-0.3, -0.25) is 14.2 Å². The number of benzene rings is 3. The number of carbonyl (C=O) groups excluding carboxylic acids is 1. The average molecular weight is 461 g/mol. The minimum Gasteiger partial charge on any atom is -0.272 e. The van der Waals surface area contributed by atoms with Gasteiger partial charge in [-0.1, -0.05) is 54.2 Å². The van der Waals surface area contributed by atoms with E-state index in [9.17, 15) is 9.59 Å². The van der Waals surface area contributed by atoms with E-state index >= 15 is 0 Å². The molecule has 160 valence electrons. The quantitative estimate of drug-likeness (QED) is 0.192. The summed E-state index contributed by atoms with van der Waals surface area (Å²) in [5.41, 5.74) is 4.55. The van der Waals surface area contributed by atoms with Crippen LogP contribution in [0.2, 0.25) is 0 Å². The highest BCUT2D eigenvalue weighted by Gasteiger charge is 2.14. The third-order valence-corrected chi connectivity index (χ3v) is 6.29. The molecule has 0 saturated heterocycles. The van der Waals surface area contributed by atoms with Gasteiger partial charge >= 0.3 is 0 Å². The highest BCUT2D eigenvalue weighted by Crippen LogP contribution is 2.21. The van der Waals surface area contributed by atoms with Crippen molar-refractivity contribution in [3.8, 4) is 5.69 Å². The number of nitrogens with one attached hydrogen (secondary N) is 1. The molecule has 0 bridgehead atoms. The Balaban J connectivity index is 1.51. The predicted octanol–water partition coefficient (Wildman–Crippen LogP) is 4.35. The summed E-state index contributed by atoms with van der Waals surface area (Å²) in [7, 11) is 0. The Morgan fingerprint density at radius 2 is 1.75 bits per heavy atom. The van der Waals surface area contributed by atoms with E-state index in [1.165, 1.54) is 16.3 Å². The van der Waals surface area contributed by atoms with Crippen LogP contribution >= 0.6 is 23.5 Å². The fourth-order valence-electron chi connectivity index (χ4n) is 3.05. The van der Waals surface area contributed by atoms with Crippen LogP contribution in [0.3, 0.4) is 0 Å². The maximum atomic E-state index is 13.2. The van der Waals surface area contributed by atoms with E-state index < -0.39 is 0 Å². The zero-order valence-corrected chi connectivity index (χ0v) is 18.9. The van der Waals surface area contributed by atoms with Gasteiger partial charge in [0.2, 0.25) is 0 Å². The Kier molecular flexibility index (Phi) is 7.03. The first-order valence-electron chi connectivity index (χ1n) is 9.81. The fraction of sp³-hybridized carbons (Fsp3) is 0.0833. The maximum absolute atomic E-state index is 13.2. The smallest absolute Gasteiger partial charge is 0.266 e. The Labute approximate surface area is 193 Å². The molecule has 1 heterocycles. The summed E-state index contributed by atoms with van der Waals surface area (Å²) < 4.78 is 1.54. The van der Waals surface area contributed by atoms with Crippen molar-refractivity contribution in [3.05, 3.63) is 94.8 Å². The zero-order chi connectivity index (χ0) is 22.3. The Morgan fingerprint density at radius 1 is 1.03 bits per heavy atom. The lowest BCUT2D eigenvalue weighted by atomic mass is 10.2. The number of hydrogen-bond donors (Lipinski definition) is 1. The maximum Gasteiger partial charge on any atom is 0.266 e. The van der Waals surface area contributed by atoms with Crippen LogP contribution < -0.4 is 11.0 Å². The molecule has 0 unspecified atom stereocenters. The molecule has 3 aromatic carbocycles. The van der Waals surface area contributed by atoms with E-state index in [1.54, 1.807) is 30.1 Å². The van der Waals surface area contributed by atoms with Crippen molar-refractivity contribution < 1.29 is 4.79 Å². The Bertz CT molecular complexity index is 1320. The number of amides is 1. The second-order valence-corrected chi connectivity index (χ2v) is 8.56. The molecule has 4 aromatic rings. The van der Waals surface area contributed by atoms with Gasteiger partial charge in [0.15, 0.2) is 5.16 Å².